The van der Waals surface area contributed by atoms with Gasteiger partial charge in [-0.15, -0.1) is 48.1 Å². The van der Waals surface area contributed by atoms with E-state index in [1.165, 1.54) is 56.5 Å². The molecule has 2 aromatic heterocycles. The molecule has 74 heavy (non-hydrogen) atoms. The van der Waals surface area contributed by atoms with E-state index in [0.29, 0.717) is 11.5 Å². The fourth-order valence-electron chi connectivity index (χ4n) is 11.3. The Morgan fingerprint density at radius 1 is 0.541 bits per heavy atom. The molecule has 0 bridgehead atoms. The van der Waals surface area contributed by atoms with Crippen LogP contribution in [0.25, 0.3) is 49.9 Å². The number of rotatable bonds is 7. The summed E-state index contributed by atoms with van der Waals surface area (Å²) in [7, 11) is 0. The molecule has 0 saturated heterocycles. The van der Waals surface area contributed by atoms with Gasteiger partial charge in [0.2, 0.25) is 0 Å². The van der Waals surface area contributed by atoms with Crippen molar-refractivity contribution in [1.29, 1.82) is 0 Å². The van der Waals surface area contributed by atoms with Gasteiger partial charge in [0.25, 0.3) is 0 Å². The smallest absolute Gasteiger partial charge is 0.135 e. The molecule has 6 heteroatoms. The molecule has 2 aliphatic rings. The van der Waals surface area contributed by atoms with E-state index in [0.717, 1.165) is 56.8 Å². The van der Waals surface area contributed by atoms with Gasteiger partial charge in [0, 0.05) is 72.5 Å². The minimum Gasteiger partial charge on any atom is -0.509 e. The average Bonchev–Trinajstić information content (AvgIpc) is 3.90. The first-order chi connectivity index (χ1) is 34.6. The molecule has 7 aromatic carbocycles. The summed E-state index contributed by atoms with van der Waals surface area (Å²) in [5, 5.41) is 2.24. The van der Waals surface area contributed by atoms with Crippen LogP contribution in [0.5, 0.6) is 11.5 Å². The van der Waals surface area contributed by atoms with Gasteiger partial charge in [0.15, 0.2) is 0 Å². The molecular weight excluding hydrogens is 1080 g/mol. The minimum absolute atomic E-state index is 0. The van der Waals surface area contributed by atoms with Crippen molar-refractivity contribution < 1.29 is 25.8 Å². The normalized spacial score (nSPS) is 15.3. The van der Waals surface area contributed by atoms with Crippen LogP contribution in [-0.4, -0.2) is 9.55 Å². The standard InChI is InChI=1S/C68H69N4O.Pt/c1-64(2,3)45-29-31-51(56(39-45)66(7,8)9)54-24-19-23-50(44-28-33-55-57(38-44)68(12,13)36-35-67(55,10)11)63(54)71-43-70(59-26-16-17-27-60(59)71)47-20-18-21-48(41-47)73-49-30-32-53-52-22-14-15-25-58(52)72(61(53)42-49)62-40-46(34-37-69-62)65(4,5)6;/h14-34,37-40,43H,35-36H2,1-13H3;/q-3;. The van der Waals surface area contributed by atoms with Crippen LogP contribution >= 0.6 is 0 Å². The molecular formula is C68H69N4OPt-3. The number of para-hydroxylation sites is 4. The second-order valence-electron chi connectivity index (χ2n) is 24.9. The zero-order valence-corrected chi connectivity index (χ0v) is 47.7. The number of ether oxygens (including phenoxy) is 1. The topological polar surface area (TPSA) is 33.5 Å². The van der Waals surface area contributed by atoms with Gasteiger partial charge < -0.3 is 19.1 Å². The fraction of sp³-hybridized carbons (Fsp3) is 0.294. The predicted octanol–water partition coefficient (Wildman–Crippen LogP) is 18.6. The zero-order valence-electron chi connectivity index (χ0n) is 45.4. The third-order valence-electron chi connectivity index (χ3n) is 15.7. The number of aromatic nitrogens is 2. The maximum atomic E-state index is 6.76. The van der Waals surface area contributed by atoms with Gasteiger partial charge in [-0.3, -0.25) is 0 Å². The van der Waals surface area contributed by atoms with Gasteiger partial charge in [-0.25, -0.2) is 4.98 Å². The van der Waals surface area contributed by atoms with E-state index in [4.69, 9.17) is 9.72 Å². The van der Waals surface area contributed by atoms with E-state index in [2.05, 4.69) is 257 Å². The number of fused-ring (bicyclic) bond motifs is 5. The maximum absolute atomic E-state index is 6.76. The van der Waals surface area contributed by atoms with Crippen molar-refractivity contribution >= 4 is 44.6 Å². The molecule has 0 N–H and O–H groups in total. The van der Waals surface area contributed by atoms with Gasteiger partial charge in [0.1, 0.15) is 5.82 Å². The van der Waals surface area contributed by atoms with Crippen LogP contribution in [0.15, 0.2) is 152 Å². The van der Waals surface area contributed by atoms with E-state index >= 15 is 0 Å². The molecule has 3 heterocycles. The minimum atomic E-state index is -0.119. The predicted molar refractivity (Wildman–Crippen MR) is 306 cm³/mol. The van der Waals surface area contributed by atoms with Crippen LogP contribution < -0.4 is 14.5 Å². The molecule has 0 radical (unpaired) electrons. The monoisotopic (exact) mass is 1150 g/mol. The molecule has 11 rings (SSSR count). The summed E-state index contributed by atoms with van der Waals surface area (Å²) in [6.07, 6.45) is 4.24. The van der Waals surface area contributed by atoms with E-state index < -0.39 is 0 Å². The van der Waals surface area contributed by atoms with Crippen molar-refractivity contribution in [2.75, 3.05) is 9.80 Å². The number of anilines is 4. The summed E-state index contributed by atoms with van der Waals surface area (Å²) in [5.41, 5.74) is 17.8. The van der Waals surface area contributed by atoms with Gasteiger partial charge in [-0.2, -0.15) is 12.1 Å². The van der Waals surface area contributed by atoms with Crippen molar-refractivity contribution in [2.45, 2.75) is 130 Å². The van der Waals surface area contributed by atoms with Crippen LogP contribution in [0.4, 0.5) is 22.7 Å². The Bertz CT molecular complexity index is 3610. The summed E-state index contributed by atoms with van der Waals surface area (Å²) >= 11 is 0. The second-order valence-corrected chi connectivity index (χ2v) is 24.9. The second kappa shape index (κ2) is 18.4. The van der Waals surface area contributed by atoms with Crippen LogP contribution in [-0.2, 0) is 48.1 Å². The Labute approximate surface area is 454 Å². The Morgan fingerprint density at radius 2 is 1.19 bits per heavy atom. The number of hydrogen-bond donors (Lipinski definition) is 0. The first kappa shape index (κ1) is 51.1. The van der Waals surface area contributed by atoms with Crippen LogP contribution in [0.2, 0.25) is 0 Å². The Morgan fingerprint density at radius 3 is 1.92 bits per heavy atom. The van der Waals surface area contributed by atoms with E-state index in [1.54, 1.807) is 0 Å². The molecule has 0 saturated carbocycles. The summed E-state index contributed by atoms with van der Waals surface area (Å²) in [6, 6.07) is 60.6. The molecule has 0 spiro atoms. The zero-order chi connectivity index (χ0) is 51.4. The van der Waals surface area contributed by atoms with Gasteiger partial charge in [-0.05, 0) is 115 Å². The van der Waals surface area contributed by atoms with E-state index in [1.807, 2.05) is 18.3 Å². The van der Waals surface area contributed by atoms with Crippen molar-refractivity contribution in [1.82, 2.24) is 9.55 Å². The number of pyridine rings is 1. The number of nitrogens with zero attached hydrogens (tertiary/aromatic N) is 4. The summed E-state index contributed by atoms with van der Waals surface area (Å²) in [5.74, 6) is 2.06. The van der Waals surface area contributed by atoms with Crippen LogP contribution in [0, 0.1) is 18.8 Å². The summed E-state index contributed by atoms with van der Waals surface area (Å²) < 4.78 is 8.97. The molecule has 1 aliphatic heterocycles. The third kappa shape index (κ3) is 9.08. The molecule has 0 unspecified atom stereocenters. The van der Waals surface area contributed by atoms with Crippen LogP contribution in [0.3, 0.4) is 0 Å². The van der Waals surface area contributed by atoms with E-state index in [-0.39, 0.29) is 48.1 Å². The summed E-state index contributed by atoms with van der Waals surface area (Å²) in [4.78, 5) is 9.57. The van der Waals surface area contributed by atoms with Crippen LogP contribution in [0.1, 0.15) is 131 Å². The first-order valence-electron chi connectivity index (χ1n) is 26.2. The van der Waals surface area contributed by atoms with Crippen molar-refractivity contribution in [2.24, 2.45) is 0 Å². The molecule has 5 nitrogen and oxygen atoms in total. The first-order valence-corrected chi connectivity index (χ1v) is 26.2. The molecule has 1 aliphatic carbocycles. The fourth-order valence-corrected chi connectivity index (χ4v) is 11.3. The molecule has 0 amide bonds. The quantitative estimate of drug-likeness (QED) is 0.149. The summed E-state index contributed by atoms with van der Waals surface area (Å²) in [6.45, 7) is 32.6. The average molecular weight is 1150 g/mol. The Balaban J connectivity index is 0.00000626. The molecule has 0 fully saturated rings. The van der Waals surface area contributed by atoms with Crippen molar-refractivity contribution in [3.63, 3.8) is 0 Å². The largest absolute Gasteiger partial charge is 0.509 e. The third-order valence-corrected chi connectivity index (χ3v) is 15.7. The van der Waals surface area contributed by atoms with Gasteiger partial charge in [-0.1, -0.05) is 180 Å². The Hall–Kier alpha value is -6.42. The van der Waals surface area contributed by atoms with Gasteiger partial charge >= 0.3 is 0 Å². The molecule has 9 aromatic rings. The SMILES string of the molecule is CC(C)(C)c1ccnc(-n2c3[c-]c(Oc4[c-]c(N5[CH-]N(c6c(-c7ccc8c(c7)C(C)(C)CCC8(C)C)cccc6-c6ccc(C(C)(C)C)cc6C(C)(C)C)c6ccccc65)ccc4)ccc3c3ccccc32)c1.[Pt]. The molecule has 380 valence electrons. The van der Waals surface area contributed by atoms with Crippen molar-refractivity contribution in [3.8, 4) is 39.6 Å². The number of hydrogen-bond acceptors (Lipinski definition) is 4. The van der Waals surface area contributed by atoms with E-state index in [9.17, 15) is 0 Å². The molecule has 0 atom stereocenters. The maximum Gasteiger partial charge on any atom is 0.135 e. The van der Waals surface area contributed by atoms with Gasteiger partial charge in [0.05, 0.1) is 0 Å². The van der Waals surface area contributed by atoms with Crippen molar-refractivity contribution in [3.05, 3.63) is 198 Å². The Kier molecular flexibility index (Phi) is 12.7. The number of benzene rings is 7.